The lowest BCUT2D eigenvalue weighted by atomic mass is 10.0. The van der Waals surface area contributed by atoms with Crippen LogP contribution in [0.5, 0.6) is 11.5 Å². The highest BCUT2D eigenvalue weighted by atomic mass is 16.5. The van der Waals surface area contributed by atoms with Gasteiger partial charge in [-0.05, 0) is 25.5 Å². The smallest absolute Gasteiger partial charge is 0.305 e. The Labute approximate surface area is 124 Å². The van der Waals surface area contributed by atoms with Crippen molar-refractivity contribution in [3.63, 3.8) is 0 Å². The van der Waals surface area contributed by atoms with Gasteiger partial charge in [-0.15, -0.1) is 0 Å². The summed E-state index contributed by atoms with van der Waals surface area (Å²) in [4.78, 5) is 10.8. The van der Waals surface area contributed by atoms with Crippen LogP contribution in [0.4, 0.5) is 0 Å². The molecule has 116 valence electrons. The van der Waals surface area contributed by atoms with Crippen LogP contribution in [0.25, 0.3) is 0 Å². The Bertz CT molecular complexity index is 487. The third-order valence-electron chi connectivity index (χ3n) is 3.55. The maximum absolute atomic E-state index is 10.8. The lowest BCUT2D eigenvalue weighted by Gasteiger charge is -2.26. The Hall–Kier alpha value is -1.79. The first-order valence-corrected chi connectivity index (χ1v) is 7.13. The minimum atomic E-state index is -0.938. The number of carbonyl (C=O) groups is 1. The van der Waals surface area contributed by atoms with Gasteiger partial charge in [0.25, 0.3) is 0 Å². The number of methoxy groups -OCH3 is 1. The van der Waals surface area contributed by atoms with E-state index in [4.69, 9.17) is 20.3 Å². The van der Waals surface area contributed by atoms with E-state index in [1.807, 2.05) is 12.1 Å². The molecule has 2 unspecified atom stereocenters. The summed E-state index contributed by atoms with van der Waals surface area (Å²) >= 11 is 0. The van der Waals surface area contributed by atoms with Crippen molar-refractivity contribution in [2.45, 2.75) is 31.4 Å². The molecule has 0 spiro atoms. The normalized spacial score (nSPS) is 19.8. The average molecular weight is 294 g/mol. The molecule has 1 aliphatic heterocycles. The predicted molar refractivity (Wildman–Crippen MR) is 78.7 cm³/mol. The molecule has 0 radical (unpaired) electrons. The molecule has 0 amide bonds. The van der Waals surface area contributed by atoms with E-state index in [0.717, 1.165) is 25.9 Å². The van der Waals surface area contributed by atoms with Gasteiger partial charge < -0.3 is 25.6 Å². The summed E-state index contributed by atoms with van der Waals surface area (Å²) < 4.78 is 11.4. The number of carboxylic acid groups (broad SMARTS) is 1. The Morgan fingerprint density at radius 1 is 1.57 bits per heavy atom. The first kappa shape index (κ1) is 15.6. The number of nitrogens with two attached hydrogens (primary N) is 1. The zero-order valence-electron chi connectivity index (χ0n) is 12.2. The second-order valence-corrected chi connectivity index (χ2v) is 5.17. The molecule has 6 heteroatoms. The second-order valence-electron chi connectivity index (χ2n) is 5.17. The first-order chi connectivity index (χ1) is 10.1. The van der Waals surface area contributed by atoms with Crippen molar-refractivity contribution >= 4 is 5.97 Å². The number of ether oxygens (including phenoxy) is 2. The molecule has 1 aromatic rings. The fraction of sp³-hybridized carbons (Fsp3) is 0.533. The molecule has 0 aromatic heterocycles. The second kappa shape index (κ2) is 7.28. The van der Waals surface area contributed by atoms with E-state index in [0.29, 0.717) is 17.1 Å². The van der Waals surface area contributed by atoms with E-state index >= 15 is 0 Å². The van der Waals surface area contributed by atoms with Gasteiger partial charge in [-0.25, -0.2) is 0 Å². The number of hydrogen-bond acceptors (Lipinski definition) is 5. The number of aliphatic carboxylic acids is 1. The summed E-state index contributed by atoms with van der Waals surface area (Å²) in [5, 5.41) is 12.2. The van der Waals surface area contributed by atoms with Crippen LogP contribution in [-0.2, 0) is 4.79 Å². The molecule has 1 fully saturated rings. The number of hydrogen-bond donors (Lipinski definition) is 3. The maximum Gasteiger partial charge on any atom is 0.305 e. The van der Waals surface area contributed by atoms with E-state index in [1.54, 1.807) is 6.07 Å². The van der Waals surface area contributed by atoms with Gasteiger partial charge in [0.05, 0.1) is 13.5 Å². The van der Waals surface area contributed by atoms with E-state index in [2.05, 4.69) is 5.32 Å². The van der Waals surface area contributed by atoms with Gasteiger partial charge >= 0.3 is 5.97 Å². The monoisotopic (exact) mass is 294 g/mol. The lowest BCUT2D eigenvalue weighted by Crippen LogP contribution is -2.37. The van der Waals surface area contributed by atoms with Gasteiger partial charge in [0, 0.05) is 18.2 Å². The van der Waals surface area contributed by atoms with E-state index in [1.165, 1.54) is 7.11 Å². The molecule has 0 bridgehead atoms. The molecule has 2 rings (SSSR count). The molecule has 0 saturated carbocycles. The van der Waals surface area contributed by atoms with Crippen LogP contribution < -0.4 is 20.5 Å². The molecule has 1 saturated heterocycles. The molecule has 1 aromatic carbocycles. The summed E-state index contributed by atoms with van der Waals surface area (Å²) in [7, 11) is 1.54. The molecule has 1 aliphatic rings. The van der Waals surface area contributed by atoms with Gasteiger partial charge in [0.2, 0.25) is 0 Å². The Morgan fingerprint density at radius 3 is 3.00 bits per heavy atom. The zero-order chi connectivity index (χ0) is 15.2. The van der Waals surface area contributed by atoms with Crippen molar-refractivity contribution in [2.75, 3.05) is 20.2 Å². The topological polar surface area (TPSA) is 93.8 Å². The van der Waals surface area contributed by atoms with Crippen LogP contribution in [0.2, 0.25) is 0 Å². The van der Waals surface area contributed by atoms with Gasteiger partial charge in [-0.3, -0.25) is 4.79 Å². The molecule has 0 aliphatic carbocycles. The van der Waals surface area contributed by atoms with Crippen LogP contribution in [0.1, 0.15) is 30.9 Å². The molecule has 2 atom stereocenters. The average Bonchev–Trinajstić information content (AvgIpc) is 2.47. The van der Waals surface area contributed by atoms with Gasteiger partial charge in [-0.2, -0.15) is 0 Å². The highest BCUT2D eigenvalue weighted by Crippen LogP contribution is 2.36. The standard InChI is InChI=1S/C15H22N2O4/c1-20-15-11(12(16)8-14(18)19)5-2-6-13(15)21-10-4-3-7-17-9-10/h2,5-6,10,12,17H,3-4,7-9,16H2,1H3,(H,18,19). The quantitative estimate of drug-likeness (QED) is 0.732. The van der Waals surface area contributed by atoms with Crippen molar-refractivity contribution in [1.82, 2.24) is 5.32 Å². The molecule has 4 N–H and O–H groups in total. The number of benzene rings is 1. The van der Waals surface area contributed by atoms with Gasteiger partial charge in [0.1, 0.15) is 6.10 Å². The highest BCUT2D eigenvalue weighted by Gasteiger charge is 2.21. The van der Waals surface area contributed by atoms with Crippen molar-refractivity contribution in [1.29, 1.82) is 0 Å². The Kier molecular flexibility index (Phi) is 5.41. The van der Waals surface area contributed by atoms with Crippen molar-refractivity contribution in [3.05, 3.63) is 23.8 Å². The summed E-state index contributed by atoms with van der Waals surface area (Å²) in [5.41, 5.74) is 6.60. The summed E-state index contributed by atoms with van der Waals surface area (Å²) in [5.74, 6) is 0.203. The largest absolute Gasteiger partial charge is 0.493 e. The Balaban J connectivity index is 2.18. The van der Waals surface area contributed by atoms with Gasteiger partial charge in [-0.1, -0.05) is 12.1 Å². The number of para-hydroxylation sites is 1. The van der Waals surface area contributed by atoms with Crippen molar-refractivity contribution in [3.8, 4) is 11.5 Å². The molecular weight excluding hydrogens is 272 g/mol. The minimum absolute atomic E-state index is 0.0959. The molecule has 21 heavy (non-hydrogen) atoms. The number of piperidine rings is 1. The minimum Gasteiger partial charge on any atom is -0.493 e. The van der Waals surface area contributed by atoms with E-state index < -0.39 is 12.0 Å². The van der Waals surface area contributed by atoms with Crippen LogP contribution in [-0.4, -0.2) is 37.4 Å². The number of rotatable bonds is 6. The van der Waals surface area contributed by atoms with Crippen molar-refractivity contribution in [2.24, 2.45) is 5.73 Å². The van der Waals surface area contributed by atoms with Crippen LogP contribution >= 0.6 is 0 Å². The summed E-state index contributed by atoms with van der Waals surface area (Å²) in [6.45, 7) is 1.81. The molecule has 1 heterocycles. The SMILES string of the molecule is COc1c(OC2CCCNC2)cccc1C(N)CC(=O)O. The van der Waals surface area contributed by atoms with E-state index in [9.17, 15) is 4.79 Å². The van der Waals surface area contributed by atoms with Gasteiger partial charge in [0.15, 0.2) is 11.5 Å². The number of nitrogens with one attached hydrogen (secondary N) is 1. The third-order valence-corrected chi connectivity index (χ3v) is 3.55. The predicted octanol–water partition coefficient (Wildman–Crippen LogP) is 1.30. The fourth-order valence-corrected chi connectivity index (χ4v) is 2.53. The lowest BCUT2D eigenvalue weighted by molar-refractivity contribution is -0.137. The van der Waals surface area contributed by atoms with Crippen molar-refractivity contribution < 1.29 is 19.4 Å². The summed E-state index contributed by atoms with van der Waals surface area (Å²) in [6, 6.07) is 4.79. The van der Waals surface area contributed by atoms with Crippen LogP contribution in [0.15, 0.2) is 18.2 Å². The fourth-order valence-electron chi connectivity index (χ4n) is 2.53. The number of carboxylic acids is 1. The first-order valence-electron chi connectivity index (χ1n) is 7.13. The third kappa shape index (κ3) is 4.09. The maximum atomic E-state index is 10.8. The van der Waals surface area contributed by atoms with E-state index in [-0.39, 0.29) is 12.5 Å². The van der Waals surface area contributed by atoms with Crippen LogP contribution in [0, 0.1) is 0 Å². The molecule has 6 nitrogen and oxygen atoms in total. The molecular formula is C15H22N2O4. The highest BCUT2D eigenvalue weighted by molar-refractivity contribution is 5.68. The summed E-state index contributed by atoms with van der Waals surface area (Å²) in [6.07, 6.45) is 2.01. The Morgan fingerprint density at radius 2 is 2.38 bits per heavy atom. The van der Waals surface area contributed by atoms with Crippen LogP contribution in [0.3, 0.4) is 0 Å². The zero-order valence-corrected chi connectivity index (χ0v) is 12.2.